The zero-order valence-corrected chi connectivity index (χ0v) is 20.6. The first-order chi connectivity index (χ1) is 15.5. The third-order valence-corrected chi connectivity index (χ3v) is 9.86. The second-order valence-electron chi connectivity index (χ2n) is 10.1. The lowest BCUT2D eigenvalue weighted by Gasteiger charge is -2.45. The topological polar surface area (TPSA) is 75.6 Å². The fourth-order valence-corrected chi connectivity index (χ4v) is 7.17. The van der Waals surface area contributed by atoms with Crippen molar-refractivity contribution >= 4 is 16.0 Å². The largest absolute Gasteiger partial charge is 0.381 e. The number of piperidine rings is 2. The average Bonchev–Trinajstić information content (AvgIpc) is 2.77. The van der Waals surface area contributed by atoms with Crippen molar-refractivity contribution in [2.45, 2.75) is 58.8 Å². The normalized spacial score (nSPS) is 26.2. The van der Waals surface area contributed by atoms with Crippen LogP contribution in [-0.2, 0) is 14.8 Å². The monoisotopic (exact) mass is 464 g/mol. The molecule has 2 saturated heterocycles. The minimum absolute atomic E-state index is 0.272. The third kappa shape index (κ3) is 5.81. The second-order valence-corrected chi connectivity index (χ2v) is 12.2. The number of sulfonamides is 1. The van der Waals surface area contributed by atoms with Crippen LogP contribution in [-0.4, -0.2) is 67.8 Å². The summed E-state index contributed by atoms with van der Waals surface area (Å²) in [6.45, 7) is 9.03. The lowest BCUT2D eigenvalue weighted by atomic mass is 9.65. The molecule has 1 aromatic rings. The molecule has 0 amide bonds. The van der Waals surface area contributed by atoms with Crippen molar-refractivity contribution in [1.29, 1.82) is 0 Å². The molecule has 1 aliphatic carbocycles. The SMILES string of the molecule is CCCS(=O)(=O)N1CCC(COCC2CCC2C2CCN(c3ncc(C)cn3)CC2)CC1. The predicted octanol–water partition coefficient (Wildman–Crippen LogP) is 3.50. The van der Waals surface area contributed by atoms with Gasteiger partial charge in [-0.3, -0.25) is 0 Å². The molecule has 7 nitrogen and oxygen atoms in total. The van der Waals surface area contributed by atoms with Gasteiger partial charge in [-0.05, 0) is 81.1 Å². The van der Waals surface area contributed by atoms with E-state index in [9.17, 15) is 8.42 Å². The van der Waals surface area contributed by atoms with Gasteiger partial charge in [0.05, 0.1) is 5.75 Å². The zero-order chi connectivity index (χ0) is 22.6. The maximum Gasteiger partial charge on any atom is 0.225 e. The summed E-state index contributed by atoms with van der Waals surface area (Å²) in [7, 11) is -3.05. The molecular formula is C24H40N4O3S. The first-order valence-electron chi connectivity index (χ1n) is 12.6. The molecule has 180 valence electrons. The van der Waals surface area contributed by atoms with E-state index in [-0.39, 0.29) is 5.75 Å². The zero-order valence-electron chi connectivity index (χ0n) is 19.8. The van der Waals surface area contributed by atoms with Gasteiger partial charge in [0.1, 0.15) is 0 Å². The number of aryl methyl sites for hydroxylation is 1. The quantitative estimate of drug-likeness (QED) is 0.557. The number of ether oxygens (including phenoxy) is 1. The molecule has 3 aliphatic rings. The number of rotatable bonds is 9. The summed E-state index contributed by atoms with van der Waals surface area (Å²) in [4.78, 5) is 11.3. The molecule has 0 bridgehead atoms. The molecule has 1 aromatic heterocycles. The molecule has 0 radical (unpaired) electrons. The van der Waals surface area contributed by atoms with Crippen molar-refractivity contribution < 1.29 is 13.2 Å². The molecule has 3 heterocycles. The van der Waals surface area contributed by atoms with E-state index >= 15 is 0 Å². The Hall–Kier alpha value is -1.25. The van der Waals surface area contributed by atoms with E-state index in [2.05, 4.69) is 14.9 Å². The van der Waals surface area contributed by atoms with Crippen molar-refractivity contribution in [3.05, 3.63) is 18.0 Å². The van der Waals surface area contributed by atoms with Crippen LogP contribution in [0.1, 0.15) is 57.4 Å². The lowest BCUT2D eigenvalue weighted by Crippen LogP contribution is -2.43. The van der Waals surface area contributed by atoms with Gasteiger partial charge in [0.15, 0.2) is 0 Å². The van der Waals surface area contributed by atoms with Gasteiger partial charge in [0.2, 0.25) is 16.0 Å². The number of hydrogen-bond donors (Lipinski definition) is 0. The Balaban J connectivity index is 1.14. The Morgan fingerprint density at radius 1 is 0.969 bits per heavy atom. The first-order valence-corrected chi connectivity index (χ1v) is 14.2. The average molecular weight is 465 g/mol. The summed E-state index contributed by atoms with van der Waals surface area (Å²) in [5, 5.41) is 0. The lowest BCUT2D eigenvalue weighted by molar-refractivity contribution is -0.0139. The molecule has 2 atom stereocenters. The molecule has 0 spiro atoms. The van der Waals surface area contributed by atoms with Gasteiger partial charge in [-0.2, -0.15) is 0 Å². The fourth-order valence-electron chi connectivity index (χ4n) is 5.63. The molecule has 32 heavy (non-hydrogen) atoms. The van der Waals surface area contributed by atoms with Crippen LogP contribution in [0.5, 0.6) is 0 Å². The number of nitrogens with zero attached hydrogens (tertiary/aromatic N) is 4. The molecule has 0 aromatic carbocycles. The summed E-state index contributed by atoms with van der Waals surface area (Å²) < 4.78 is 32.3. The summed E-state index contributed by atoms with van der Waals surface area (Å²) in [6.07, 6.45) is 11.4. The van der Waals surface area contributed by atoms with Crippen LogP contribution >= 0.6 is 0 Å². The van der Waals surface area contributed by atoms with Crippen molar-refractivity contribution in [3.8, 4) is 0 Å². The van der Waals surface area contributed by atoms with Crippen LogP contribution in [0.15, 0.2) is 12.4 Å². The van der Waals surface area contributed by atoms with E-state index in [1.54, 1.807) is 4.31 Å². The van der Waals surface area contributed by atoms with Crippen LogP contribution in [0.2, 0.25) is 0 Å². The van der Waals surface area contributed by atoms with Gasteiger partial charge in [-0.15, -0.1) is 0 Å². The molecule has 4 rings (SSSR count). The van der Waals surface area contributed by atoms with Gasteiger partial charge in [0, 0.05) is 51.8 Å². The Kier molecular flexibility index (Phi) is 8.05. The maximum atomic E-state index is 12.2. The van der Waals surface area contributed by atoms with E-state index in [1.807, 2.05) is 26.2 Å². The van der Waals surface area contributed by atoms with Crippen LogP contribution in [0.25, 0.3) is 0 Å². The highest BCUT2D eigenvalue weighted by molar-refractivity contribution is 7.89. The third-order valence-electron chi connectivity index (χ3n) is 7.79. The smallest absolute Gasteiger partial charge is 0.225 e. The highest BCUT2D eigenvalue weighted by Crippen LogP contribution is 2.44. The van der Waals surface area contributed by atoms with Crippen LogP contribution < -0.4 is 4.90 Å². The number of anilines is 1. The molecule has 2 unspecified atom stereocenters. The Bertz CT molecular complexity index is 816. The highest BCUT2D eigenvalue weighted by atomic mass is 32.2. The predicted molar refractivity (Wildman–Crippen MR) is 127 cm³/mol. The van der Waals surface area contributed by atoms with Crippen molar-refractivity contribution in [2.24, 2.45) is 23.7 Å². The number of aromatic nitrogens is 2. The highest BCUT2D eigenvalue weighted by Gasteiger charge is 2.38. The van der Waals surface area contributed by atoms with E-state index in [1.165, 1.54) is 25.7 Å². The molecule has 0 N–H and O–H groups in total. The molecule has 3 fully saturated rings. The fraction of sp³-hybridized carbons (Fsp3) is 0.833. The molecule has 1 saturated carbocycles. The first kappa shape index (κ1) is 23.9. The van der Waals surface area contributed by atoms with Gasteiger partial charge < -0.3 is 9.64 Å². The van der Waals surface area contributed by atoms with Crippen molar-refractivity contribution in [3.63, 3.8) is 0 Å². The Morgan fingerprint density at radius 3 is 2.25 bits per heavy atom. The van der Waals surface area contributed by atoms with E-state index < -0.39 is 10.0 Å². The van der Waals surface area contributed by atoms with Gasteiger partial charge in [-0.25, -0.2) is 22.7 Å². The van der Waals surface area contributed by atoms with E-state index in [0.717, 1.165) is 62.5 Å². The van der Waals surface area contributed by atoms with Gasteiger partial charge in [-0.1, -0.05) is 6.92 Å². The van der Waals surface area contributed by atoms with Crippen LogP contribution in [0, 0.1) is 30.6 Å². The van der Waals surface area contributed by atoms with Gasteiger partial charge in [0.25, 0.3) is 0 Å². The minimum Gasteiger partial charge on any atom is -0.381 e. The van der Waals surface area contributed by atoms with Crippen molar-refractivity contribution in [2.75, 3.05) is 50.0 Å². The Labute approximate surface area is 194 Å². The van der Waals surface area contributed by atoms with E-state index in [4.69, 9.17) is 4.74 Å². The molecule has 2 aliphatic heterocycles. The van der Waals surface area contributed by atoms with E-state index in [0.29, 0.717) is 31.3 Å². The van der Waals surface area contributed by atoms with Crippen LogP contribution in [0.3, 0.4) is 0 Å². The maximum absolute atomic E-state index is 12.2. The standard InChI is InChI=1S/C24H40N4O3S/c1-3-14-32(29,30)28-12-6-20(7-13-28)17-31-18-22-4-5-23(22)21-8-10-27(11-9-21)24-25-15-19(2)16-26-24/h15-16,20-23H,3-14,17-18H2,1-2H3. The minimum atomic E-state index is -3.05. The summed E-state index contributed by atoms with van der Waals surface area (Å²) in [5.74, 6) is 3.94. The summed E-state index contributed by atoms with van der Waals surface area (Å²) in [6, 6.07) is 0. The summed E-state index contributed by atoms with van der Waals surface area (Å²) in [5.41, 5.74) is 1.10. The number of hydrogen-bond acceptors (Lipinski definition) is 6. The molecule has 8 heteroatoms. The molecular weight excluding hydrogens is 424 g/mol. The second kappa shape index (κ2) is 10.8. The van der Waals surface area contributed by atoms with Crippen LogP contribution in [0.4, 0.5) is 5.95 Å². The summed E-state index contributed by atoms with van der Waals surface area (Å²) >= 11 is 0. The van der Waals surface area contributed by atoms with Crippen molar-refractivity contribution in [1.82, 2.24) is 14.3 Å². The van der Waals surface area contributed by atoms with Gasteiger partial charge >= 0.3 is 0 Å². The Morgan fingerprint density at radius 2 is 1.66 bits per heavy atom.